The van der Waals surface area contributed by atoms with Gasteiger partial charge in [-0.25, -0.2) is 0 Å². The van der Waals surface area contributed by atoms with E-state index in [1.807, 2.05) is 6.92 Å². The van der Waals surface area contributed by atoms with Crippen molar-refractivity contribution in [3.05, 3.63) is 0 Å². The lowest BCUT2D eigenvalue weighted by molar-refractivity contribution is -0.137. The van der Waals surface area contributed by atoms with E-state index in [9.17, 15) is 4.79 Å². The third-order valence-electron chi connectivity index (χ3n) is 0.464. The van der Waals surface area contributed by atoms with Gasteiger partial charge < -0.3 is 35.7 Å². The molecular weight excluding hydrogens is 416 g/mol. The molecule has 7 N–H and O–H groups in total. The average molecular weight is 448 g/mol. The summed E-state index contributed by atoms with van der Waals surface area (Å²) in [6, 6.07) is 0. The molecule has 0 unspecified atom stereocenters. The van der Waals surface area contributed by atoms with Crippen molar-refractivity contribution in [1.82, 2.24) is 0 Å². The predicted molar refractivity (Wildman–Crippen MR) is 102 cm³/mol. The van der Waals surface area contributed by atoms with Crippen LogP contribution in [0.5, 0.6) is 0 Å². The Bertz CT molecular complexity index is 365. The molecule has 0 fully saturated rings. The van der Waals surface area contributed by atoms with Crippen molar-refractivity contribution in [2.24, 2.45) is 0 Å². The lowest BCUT2D eigenvalue weighted by atomic mass is 10.4. The van der Waals surface area contributed by atoms with Crippen molar-refractivity contribution in [1.29, 1.82) is 0 Å². The topological polar surface area (TPSA) is 261 Å². The fourth-order valence-corrected chi connectivity index (χ4v) is 0.214. The third kappa shape index (κ3) is 26100. The van der Waals surface area contributed by atoms with Crippen LogP contribution in [-0.4, -0.2) is 77.5 Å². The summed E-state index contributed by atoms with van der Waals surface area (Å²) < 4.78 is 0. The average Bonchev–Trinajstić information content (AvgIpc) is 2.33. The van der Waals surface area contributed by atoms with E-state index >= 15 is 0 Å². The Hall–Kier alpha value is -3.71. The molecule has 0 radical (unpaired) electrons. The quantitative estimate of drug-likeness (QED) is 0.315. The summed E-state index contributed by atoms with van der Waals surface area (Å²) >= 11 is 0. The minimum Gasteiger partial charge on any atom is -0.481 e. The summed E-state index contributed by atoms with van der Waals surface area (Å²) in [5.41, 5.74) is 0. The van der Waals surface area contributed by atoms with Gasteiger partial charge in [-0.15, -0.1) is 0 Å². The van der Waals surface area contributed by atoms with Crippen molar-refractivity contribution in [2.75, 3.05) is 0 Å². The molecule has 0 bridgehead atoms. The Balaban J connectivity index is -0.0000000414. The van der Waals surface area contributed by atoms with Crippen LogP contribution in [0.15, 0.2) is 0 Å². The maximum absolute atomic E-state index is 9.60. The Morgan fingerprint density at radius 3 is 0.533 bits per heavy atom. The number of carboxylic acid groups (broad SMARTS) is 7. The lowest BCUT2D eigenvalue weighted by Crippen LogP contribution is -1.90. The maximum atomic E-state index is 9.60. The van der Waals surface area contributed by atoms with Gasteiger partial charge in [-0.2, -0.15) is 0 Å². The molecule has 0 saturated carbocycles. The largest absolute Gasteiger partial charge is 0.481 e. The second kappa shape index (κ2) is 40.1. The second-order valence-corrected chi connectivity index (χ2v) is 4.26. The zero-order valence-electron chi connectivity index (χ0n) is 17.9. The van der Waals surface area contributed by atoms with Gasteiger partial charge in [0.2, 0.25) is 0 Å². The fourth-order valence-electron chi connectivity index (χ4n) is 0.214. The first-order chi connectivity index (χ1) is 13.2. The Kier molecular flexibility index (Phi) is 60.4. The molecule has 0 amide bonds. The van der Waals surface area contributed by atoms with Gasteiger partial charge in [-0.3, -0.25) is 33.6 Å². The molecule has 0 aliphatic heterocycles. The Labute approximate surface area is 173 Å². The molecule has 0 saturated heterocycles. The van der Waals surface area contributed by atoms with Crippen LogP contribution in [0.1, 0.15) is 61.3 Å². The SMILES string of the molecule is CC(=O)O.CC(=O)O.CC(=O)O.CC(=O)O.CC(=O)O.CC(=O)O.CCCC(=O)O. The van der Waals surface area contributed by atoms with Crippen LogP contribution in [0.2, 0.25) is 0 Å². The van der Waals surface area contributed by atoms with Gasteiger partial charge in [0.15, 0.2) is 0 Å². The van der Waals surface area contributed by atoms with Crippen LogP contribution < -0.4 is 0 Å². The van der Waals surface area contributed by atoms with E-state index < -0.39 is 41.8 Å². The normalized spacial score (nSPS) is 6.63. The molecule has 14 heteroatoms. The van der Waals surface area contributed by atoms with Crippen molar-refractivity contribution in [2.45, 2.75) is 61.3 Å². The van der Waals surface area contributed by atoms with Crippen LogP contribution in [0, 0.1) is 0 Å². The van der Waals surface area contributed by atoms with Crippen molar-refractivity contribution < 1.29 is 69.3 Å². The highest BCUT2D eigenvalue weighted by atomic mass is 16.4. The summed E-state index contributed by atoms with van der Waals surface area (Å²) in [7, 11) is 0. The number of rotatable bonds is 2. The van der Waals surface area contributed by atoms with Gasteiger partial charge in [0.05, 0.1) is 0 Å². The van der Waals surface area contributed by atoms with Crippen molar-refractivity contribution in [3.63, 3.8) is 0 Å². The predicted octanol–water partition coefficient (Wildman–Crippen LogP) is 1.42. The zero-order chi connectivity index (χ0) is 26.5. The fraction of sp³-hybridized carbons (Fsp3) is 0.562. The maximum Gasteiger partial charge on any atom is 0.303 e. The van der Waals surface area contributed by atoms with Crippen LogP contribution in [0.4, 0.5) is 0 Å². The Morgan fingerprint density at radius 2 is 0.533 bits per heavy atom. The molecular formula is C16H32O14. The summed E-state index contributed by atoms with van der Waals surface area (Å²) in [5, 5.41) is 52.4. The van der Waals surface area contributed by atoms with E-state index in [1.54, 1.807) is 0 Å². The number of hydrogen-bond acceptors (Lipinski definition) is 7. The number of hydrogen-bond donors (Lipinski definition) is 7. The van der Waals surface area contributed by atoms with Gasteiger partial charge in [0, 0.05) is 48.0 Å². The summed E-state index contributed by atoms with van der Waals surface area (Å²) in [6.45, 7) is 8.34. The summed E-state index contributed by atoms with van der Waals surface area (Å²) in [6.07, 6.45) is 1.02. The van der Waals surface area contributed by atoms with E-state index in [4.69, 9.17) is 64.5 Å². The molecule has 0 aromatic heterocycles. The molecule has 0 heterocycles. The van der Waals surface area contributed by atoms with Crippen molar-refractivity contribution in [3.8, 4) is 0 Å². The lowest BCUT2D eigenvalue weighted by Gasteiger charge is -1.79. The molecule has 0 rings (SSSR count). The molecule has 0 aromatic carbocycles. The third-order valence-corrected chi connectivity index (χ3v) is 0.464. The first-order valence-corrected chi connectivity index (χ1v) is 7.55. The highest BCUT2D eigenvalue weighted by Crippen LogP contribution is 1.82. The van der Waals surface area contributed by atoms with E-state index in [-0.39, 0.29) is 0 Å². The van der Waals surface area contributed by atoms with E-state index in [0.717, 1.165) is 48.0 Å². The number of aliphatic carboxylic acids is 7. The monoisotopic (exact) mass is 448 g/mol. The highest BCUT2D eigenvalue weighted by Gasteiger charge is 1.87. The first-order valence-electron chi connectivity index (χ1n) is 7.55. The van der Waals surface area contributed by atoms with Gasteiger partial charge >= 0.3 is 5.97 Å². The summed E-state index contributed by atoms with van der Waals surface area (Å²) in [4.78, 5) is 63.6. The van der Waals surface area contributed by atoms with Gasteiger partial charge in [0.1, 0.15) is 0 Å². The number of carboxylic acids is 7. The zero-order valence-corrected chi connectivity index (χ0v) is 17.9. The van der Waals surface area contributed by atoms with Gasteiger partial charge in [-0.1, -0.05) is 6.92 Å². The minimum absolute atomic E-state index is 0.292. The minimum atomic E-state index is -0.833. The van der Waals surface area contributed by atoms with Crippen LogP contribution in [0.25, 0.3) is 0 Å². The van der Waals surface area contributed by atoms with Gasteiger partial charge in [0.25, 0.3) is 35.8 Å². The van der Waals surface area contributed by atoms with Crippen LogP contribution >= 0.6 is 0 Å². The molecule has 180 valence electrons. The standard InChI is InChI=1S/C4H8O2.6C2H4O2/c1-2-3-4(5)6;6*1-2(3)4/h2-3H2,1H3,(H,5,6);6*1H3,(H,3,4). The molecule has 0 aliphatic carbocycles. The van der Waals surface area contributed by atoms with E-state index in [2.05, 4.69) is 0 Å². The molecule has 30 heavy (non-hydrogen) atoms. The van der Waals surface area contributed by atoms with Gasteiger partial charge in [-0.05, 0) is 6.42 Å². The van der Waals surface area contributed by atoms with Crippen LogP contribution in [-0.2, 0) is 33.6 Å². The van der Waals surface area contributed by atoms with E-state index in [0.29, 0.717) is 6.42 Å². The molecule has 0 atom stereocenters. The molecule has 14 nitrogen and oxygen atoms in total. The highest BCUT2D eigenvalue weighted by molar-refractivity contribution is 5.66. The smallest absolute Gasteiger partial charge is 0.303 e. The number of carbonyl (C=O) groups is 7. The molecule has 0 spiro atoms. The van der Waals surface area contributed by atoms with Crippen molar-refractivity contribution >= 4 is 41.8 Å². The molecule has 0 aliphatic rings. The summed E-state index contributed by atoms with van der Waals surface area (Å²) in [5.74, 6) is -5.71. The molecule has 0 aromatic rings. The Morgan fingerprint density at radius 1 is 0.433 bits per heavy atom. The van der Waals surface area contributed by atoms with E-state index in [1.165, 1.54) is 0 Å². The first kappa shape index (κ1) is 45.2. The van der Waals surface area contributed by atoms with Crippen LogP contribution in [0.3, 0.4) is 0 Å². The second-order valence-electron chi connectivity index (χ2n) is 4.26.